The highest BCUT2D eigenvalue weighted by Gasteiger charge is 2.29. The zero-order valence-electron chi connectivity index (χ0n) is 16.6. The minimum absolute atomic E-state index is 0.0314. The summed E-state index contributed by atoms with van der Waals surface area (Å²) in [4.78, 5) is 25.4. The van der Waals surface area contributed by atoms with Gasteiger partial charge in [0.25, 0.3) is 0 Å². The summed E-state index contributed by atoms with van der Waals surface area (Å²) in [5.41, 5.74) is 2.38. The Morgan fingerprint density at radius 3 is 2.94 bits per heavy atom. The standard InChI is InChI=1S/C21H19BrClN7O/c1-24-20(31)11-2-3-14(7-11)27-21-26-10-16-18(22)29-30(19(16)28-21)15-4-5-17-12(8-15)6-13(23)9-25-17/h4-6,8-11,14H,2-3,7H2,1H3,(H,24,31)(H,26,27,28)/t11-,14-/m1/s1. The second-order valence-electron chi connectivity index (χ2n) is 7.63. The van der Waals surface area contributed by atoms with Gasteiger partial charge in [0.15, 0.2) is 5.65 Å². The van der Waals surface area contributed by atoms with Crippen molar-refractivity contribution in [2.45, 2.75) is 25.3 Å². The third-order valence-electron chi connectivity index (χ3n) is 5.64. The van der Waals surface area contributed by atoms with E-state index in [0.29, 0.717) is 21.2 Å². The van der Waals surface area contributed by atoms with Crippen LogP contribution in [-0.2, 0) is 4.79 Å². The molecule has 1 saturated carbocycles. The molecule has 0 radical (unpaired) electrons. The second kappa shape index (κ2) is 8.05. The van der Waals surface area contributed by atoms with Gasteiger partial charge in [-0.05, 0) is 59.5 Å². The molecule has 1 aliphatic rings. The molecule has 5 rings (SSSR count). The average molecular weight is 501 g/mol. The zero-order chi connectivity index (χ0) is 21.5. The van der Waals surface area contributed by atoms with E-state index < -0.39 is 0 Å². The van der Waals surface area contributed by atoms with Gasteiger partial charge in [0.1, 0.15) is 4.60 Å². The molecule has 8 nitrogen and oxygen atoms in total. The molecule has 0 unspecified atom stereocenters. The number of hydrogen-bond acceptors (Lipinski definition) is 6. The molecule has 0 bridgehead atoms. The Morgan fingerprint density at radius 2 is 2.10 bits per heavy atom. The summed E-state index contributed by atoms with van der Waals surface area (Å²) in [5, 5.41) is 13.0. The van der Waals surface area contributed by atoms with E-state index in [1.807, 2.05) is 24.3 Å². The van der Waals surface area contributed by atoms with E-state index in [4.69, 9.17) is 16.6 Å². The molecule has 1 aromatic carbocycles. The highest BCUT2D eigenvalue weighted by molar-refractivity contribution is 9.10. The zero-order valence-corrected chi connectivity index (χ0v) is 19.0. The number of benzene rings is 1. The van der Waals surface area contributed by atoms with Crippen LogP contribution < -0.4 is 10.6 Å². The van der Waals surface area contributed by atoms with Crippen molar-refractivity contribution in [3.05, 3.63) is 46.3 Å². The van der Waals surface area contributed by atoms with Crippen LogP contribution in [-0.4, -0.2) is 43.7 Å². The molecule has 1 fully saturated rings. The number of nitrogens with one attached hydrogen (secondary N) is 2. The molecule has 31 heavy (non-hydrogen) atoms. The van der Waals surface area contributed by atoms with Gasteiger partial charge in [0, 0.05) is 36.8 Å². The van der Waals surface area contributed by atoms with Crippen LogP contribution >= 0.6 is 27.5 Å². The summed E-state index contributed by atoms with van der Waals surface area (Å²) in [6, 6.07) is 7.89. The Hall–Kier alpha value is -2.78. The third kappa shape index (κ3) is 3.83. The van der Waals surface area contributed by atoms with Crippen LogP contribution in [0.15, 0.2) is 41.3 Å². The van der Waals surface area contributed by atoms with Crippen molar-refractivity contribution in [2.24, 2.45) is 5.92 Å². The van der Waals surface area contributed by atoms with Crippen LogP contribution in [0.2, 0.25) is 5.02 Å². The molecule has 0 saturated heterocycles. The molecule has 0 spiro atoms. The van der Waals surface area contributed by atoms with E-state index >= 15 is 0 Å². The third-order valence-corrected chi connectivity index (χ3v) is 6.43. The average Bonchev–Trinajstić information content (AvgIpc) is 3.37. The summed E-state index contributed by atoms with van der Waals surface area (Å²) < 4.78 is 2.44. The van der Waals surface area contributed by atoms with Gasteiger partial charge >= 0.3 is 0 Å². The van der Waals surface area contributed by atoms with Crippen molar-refractivity contribution in [1.82, 2.24) is 30.0 Å². The number of fused-ring (bicyclic) bond motifs is 2. The lowest BCUT2D eigenvalue weighted by atomic mass is 10.1. The van der Waals surface area contributed by atoms with Crippen LogP contribution in [0, 0.1) is 5.92 Å². The molecular formula is C21H19BrClN7O. The molecule has 2 N–H and O–H groups in total. The number of rotatable bonds is 4. The lowest BCUT2D eigenvalue weighted by molar-refractivity contribution is -0.124. The van der Waals surface area contributed by atoms with E-state index in [9.17, 15) is 4.79 Å². The molecule has 2 atom stereocenters. The fourth-order valence-electron chi connectivity index (χ4n) is 4.08. The monoisotopic (exact) mass is 499 g/mol. The summed E-state index contributed by atoms with van der Waals surface area (Å²) in [6.07, 6.45) is 5.91. The van der Waals surface area contributed by atoms with Crippen LogP contribution in [0.5, 0.6) is 0 Å². The number of hydrogen-bond donors (Lipinski definition) is 2. The Labute approximate surface area is 191 Å². The van der Waals surface area contributed by atoms with Gasteiger partial charge < -0.3 is 10.6 Å². The maximum absolute atomic E-state index is 11.9. The first-order chi connectivity index (χ1) is 15.0. The van der Waals surface area contributed by atoms with Gasteiger partial charge in [-0.2, -0.15) is 10.1 Å². The van der Waals surface area contributed by atoms with Gasteiger partial charge in [-0.3, -0.25) is 9.78 Å². The molecule has 0 aliphatic heterocycles. The first-order valence-corrected chi connectivity index (χ1v) is 11.1. The molecule has 3 heterocycles. The van der Waals surface area contributed by atoms with Crippen molar-refractivity contribution < 1.29 is 4.79 Å². The van der Waals surface area contributed by atoms with Crippen molar-refractivity contribution in [3.63, 3.8) is 0 Å². The molecule has 1 aliphatic carbocycles. The van der Waals surface area contributed by atoms with E-state index in [2.05, 4.69) is 41.6 Å². The van der Waals surface area contributed by atoms with Crippen LogP contribution in [0.4, 0.5) is 5.95 Å². The van der Waals surface area contributed by atoms with Gasteiger partial charge in [0.2, 0.25) is 11.9 Å². The number of anilines is 1. The Balaban J connectivity index is 1.48. The summed E-state index contributed by atoms with van der Waals surface area (Å²) in [7, 11) is 1.68. The van der Waals surface area contributed by atoms with E-state index in [1.54, 1.807) is 24.1 Å². The quantitative estimate of drug-likeness (QED) is 0.438. The SMILES string of the molecule is CNC(=O)[C@@H]1CC[C@@H](Nc2ncc3c(Br)nn(-c4ccc5ncc(Cl)cc5c4)c3n2)C1. The van der Waals surface area contributed by atoms with Gasteiger partial charge in [-0.15, -0.1) is 0 Å². The number of carbonyl (C=O) groups excluding carboxylic acids is 1. The first kappa shape index (κ1) is 20.1. The van der Waals surface area contributed by atoms with Gasteiger partial charge in [-0.25, -0.2) is 9.67 Å². The molecule has 4 aromatic rings. The Kier molecular flexibility index (Phi) is 5.23. The number of amides is 1. The number of halogens is 2. The second-order valence-corrected chi connectivity index (χ2v) is 8.82. The minimum Gasteiger partial charge on any atom is -0.359 e. The predicted molar refractivity (Wildman–Crippen MR) is 123 cm³/mol. The summed E-state index contributed by atoms with van der Waals surface area (Å²) >= 11 is 9.62. The number of carbonyl (C=O) groups is 1. The van der Waals surface area contributed by atoms with Crippen LogP contribution in [0.25, 0.3) is 27.6 Å². The lowest BCUT2D eigenvalue weighted by Gasteiger charge is -2.13. The minimum atomic E-state index is 0.0314. The molecule has 158 valence electrons. The molecular weight excluding hydrogens is 482 g/mol. The van der Waals surface area contributed by atoms with Gasteiger partial charge in [-0.1, -0.05) is 11.6 Å². The number of nitrogens with zero attached hydrogens (tertiary/aromatic N) is 5. The summed E-state index contributed by atoms with van der Waals surface area (Å²) in [6.45, 7) is 0. The predicted octanol–water partition coefficient (Wildman–Crippen LogP) is 4.11. The van der Waals surface area contributed by atoms with Crippen molar-refractivity contribution >= 4 is 61.3 Å². The summed E-state index contributed by atoms with van der Waals surface area (Å²) in [5.74, 6) is 0.645. The normalized spacial score (nSPS) is 18.5. The maximum Gasteiger partial charge on any atom is 0.224 e. The number of aromatic nitrogens is 5. The smallest absolute Gasteiger partial charge is 0.224 e. The lowest BCUT2D eigenvalue weighted by Crippen LogP contribution is -2.27. The van der Waals surface area contributed by atoms with E-state index in [1.165, 1.54) is 0 Å². The van der Waals surface area contributed by atoms with E-state index in [0.717, 1.165) is 41.2 Å². The largest absolute Gasteiger partial charge is 0.359 e. The Bertz CT molecular complexity index is 1310. The van der Waals surface area contributed by atoms with Crippen molar-refractivity contribution in [1.29, 1.82) is 0 Å². The molecule has 10 heteroatoms. The fraction of sp³-hybridized carbons (Fsp3) is 0.286. The van der Waals surface area contributed by atoms with Gasteiger partial charge in [0.05, 0.1) is 21.6 Å². The molecule has 3 aromatic heterocycles. The van der Waals surface area contributed by atoms with Crippen LogP contribution in [0.1, 0.15) is 19.3 Å². The molecule has 1 amide bonds. The number of pyridine rings is 1. The van der Waals surface area contributed by atoms with Crippen LogP contribution in [0.3, 0.4) is 0 Å². The first-order valence-electron chi connectivity index (χ1n) is 9.97. The maximum atomic E-state index is 11.9. The van der Waals surface area contributed by atoms with E-state index in [-0.39, 0.29) is 17.9 Å². The van der Waals surface area contributed by atoms with Crippen molar-refractivity contribution in [3.8, 4) is 5.69 Å². The Morgan fingerprint density at radius 1 is 1.23 bits per heavy atom. The highest BCUT2D eigenvalue weighted by Crippen LogP contribution is 2.30. The fourth-order valence-corrected chi connectivity index (χ4v) is 4.68. The van der Waals surface area contributed by atoms with Crippen molar-refractivity contribution in [2.75, 3.05) is 12.4 Å². The topological polar surface area (TPSA) is 97.6 Å². The highest BCUT2D eigenvalue weighted by atomic mass is 79.9.